The Hall–Kier alpha value is -2.11. The lowest BCUT2D eigenvalue weighted by molar-refractivity contribution is -0.310. The van der Waals surface area contributed by atoms with Crippen LogP contribution in [0.4, 0.5) is 9.18 Å². The largest absolute Gasteiger partial charge is 0.548 e. The molecule has 0 spiro atoms. The molecule has 1 heterocycles. The Morgan fingerprint density at radius 1 is 1.30 bits per heavy atom. The van der Waals surface area contributed by atoms with Crippen LogP contribution in [0.2, 0.25) is 0 Å². The average Bonchev–Trinajstić information content (AvgIpc) is 2.84. The SMILES string of the molecule is CC(C)(C)OC(=O)N1C[C@H](Cc2ccc(F)cc2)C[C@H]1C(=O)[O-]. The van der Waals surface area contributed by atoms with Crippen molar-refractivity contribution in [3.63, 3.8) is 0 Å². The number of aliphatic carboxylic acids is 1. The van der Waals surface area contributed by atoms with Gasteiger partial charge in [-0.2, -0.15) is 0 Å². The summed E-state index contributed by atoms with van der Waals surface area (Å²) in [6, 6.07) is 5.08. The molecule has 0 bridgehead atoms. The highest BCUT2D eigenvalue weighted by molar-refractivity contribution is 5.79. The number of hydrogen-bond donors (Lipinski definition) is 0. The normalized spacial score (nSPS) is 21.3. The molecule has 1 amide bonds. The first-order valence-electron chi connectivity index (χ1n) is 7.60. The summed E-state index contributed by atoms with van der Waals surface area (Å²) in [4.78, 5) is 24.7. The Balaban J connectivity index is 2.06. The van der Waals surface area contributed by atoms with Crippen molar-refractivity contribution in [2.75, 3.05) is 6.54 Å². The maximum absolute atomic E-state index is 12.9. The summed E-state index contributed by atoms with van der Waals surface area (Å²) in [5.41, 5.74) is 0.210. The van der Waals surface area contributed by atoms with Gasteiger partial charge in [0.2, 0.25) is 0 Å². The molecule has 126 valence electrons. The van der Waals surface area contributed by atoms with Crippen molar-refractivity contribution < 1.29 is 23.8 Å². The highest BCUT2D eigenvalue weighted by Gasteiger charge is 2.38. The van der Waals surface area contributed by atoms with Crippen LogP contribution in [-0.2, 0) is 16.0 Å². The first-order chi connectivity index (χ1) is 10.7. The summed E-state index contributed by atoms with van der Waals surface area (Å²) in [5.74, 6) is -1.63. The molecule has 23 heavy (non-hydrogen) atoms. The molecule has 0 aliphatic carbocycles. The fourth-order valence-electron chi connectivity index (χ4n) is 2.77. The van der Waals surface area contributed by atoms with Crippen molar-refractivity contribution in [1.29, 1.82) is 0 Å². The molecule has 2 atom stereocenters. The molecular formula is C17H21FNO4-. The van der Waals surface area contributed by atoms with Crippen molar-refractivity contribution in [1.82, 2.24) is 4.90 Å². The van der Waals surface area contributed by atoms with E-state index >= 15 is 0 Å². The smallest absolute Gasteiger partial charge is 0.410 e. The van der Waals surface area contributed by atoms with Gasteiger partial charge in [0, 0.05) is 6.54 Å². The zero-order valence-electron chi connectivity index (χ0n) is 13.5. The second-order valence-electron chi connectivity index (χ2n) is 6.90. The minimum absolute atomic E-state index is 0.0316. The van der Waals surface area contributed by atoms with Gasteiger partial charge in [-0.05, 0) is 57.2 Å². The third-order valence-electron chi connectivity index (χ3n) is 3.73. The Labute approximate surface area is 135 Å². The second kappa shape index (κ2) is 6.56. The first-order valence-corrected chi connectivity index (χ1v) is 7.60. The Morgan fingerprint density at radius 3 is 2.43 bits per heavy atom. The summed E-state index contributed by atoms with van der Waals surface area (Å²) in [6.07, 6.45) is 0.232. The molecule has 5 nitrogen and oxygen atoms in total. The average molecular weight is 322 g/mol. The van der Waals surface area contributed by atoms with E-state index < -0.39 is 23.7 Å². The number of amides is 1. The zero-order valence-corrected chi connectivity index (χ0v) is 13.5. The van der Waals surface area contributed by atoms with Gasteiger partial charge in [-0.25, -0.2) is 9.18 Å². The number of rotatable bonds is 3. The summed E-state index contributed by atoms with van der Waals surface area (Å²) in [7, 11) is 0. The molecule has 1 aromatic rings. The monoisotopic (exact) mass is 322 g/mol. The van der Waals surface area contributed by atoms with E-state index in [0.717, 1.165) is 5.56 Å². The van der Waals surface area contributed by atoms with Crippen LogP contribution in [0.25, 0.3) is 0 Å². The van der Waals surface area contributed by atoms with Crippen molar-refractivity contribution in [2.24, 2.45) is 5.92 Å². The summed E-state index contributed by atoms with van der Waals surface area (Å²) in [6.45, 7) is 5.46. The second-order valence-corrected chi connectivity index (χ2v) is 6.90. The van der Waals surface area contributed by atoms with Gasteiger partial charge in [-0.3, -0.25) is 4.90 Å². The van der Waals surface area contributed by atoms with E-state index in [0.29, 0.717) is 12.8 Å². The van der Waals surface area contributed by atoms with Gasteiger partial charge < -0.3 is 14.6 Å². The van der Waals surface area contributed by atoms with E-state index in [-0.39, 0.29) is 18.3 Å². The van der Waals surface area contributed by atoms with Crippen LogP contribution in [0.15, 0.2) is 24.3 Å². The van der Waals surface area contributed by atoms with E-state index in [9.17, 15) is 19.1 Å². The van der Waals surface area contributed by atoms with Crippen molar-refractivity contribution in [3.05, 3.63) is 35.6 Å². The Kier molecular flexibility index (Phi) is 4.92. The number of carboxylic acids is 1. The van der Waals surface area contributed by atoms with Gasteiger partial charge >= 0.3 is 6.09 Å². The van der Waals surface area contributed by atoms with Crippen LogP contribution >= 0.6 is 0 Å². The van der Waals surface area contributed by atoms with E-state index in [1.165, 1.54) is 17.0 Å². The van der Waals surface area contributed by atoms with Crippen molar-refractivity contribution in [2.45, 2.75) is 45.3 Å². The van der Waals surface area contributed by atoms with Gasteiger partial charge in [-0.15, -0.1) is 0 Å². The number of ether oxygens (including phenoxy) is 1. The number of carbonyl (C=O) groups is 2. The van der Waals surface area contributed by atoms with E-state index in [4.69, 9.17) is 4.74 Å². The van der Waals surface area contributed by atoms with E-state index in [1.54, 1.807) is 32.9 Å². The molecular weight excluding hydrogens is 301 g/mol. The predicted octanol–water partition coefficient (Wildman–Crippen LogP) is 1.74. The lowest BCUT2D eigenvalue weighted by Gasteiger charge is -2.28. The van der Waals surface area contributed by atoms with Crippen LogP contribution in [0.5, 0.6) is 0 Å². The Bertz CT molecular complexity index is 579. The van der Waals surface area contributed by atoms with Gasteiger partial charge in [0.15, 0.2) is 0 Å². The van der Waals surface area contributed by atoms with Crippen LogP contribution in [0.1, 0.15) is 32.8 Å². The van der Waals surface area contributed by atoms with Crippen LogP contribution < -0.4 is 5.11 Å². The molecule has 2 rings (SSSR count). The molecule has 1 aliphatic heterocycles. The number of nitrogens with zero attached hydrogens (tertiary/aromatic N) is 1. The Morgan fingerprint density at radius 2 is 1.91 bits per heavy atom. The number of hydrogen-bond acceptors (Lipinski definition) is 4. The number of carboxylic acid groups (broad SMARTS) is 1. The maximum Gasteiger partial charge on any atom is 0.410 e. The number of halogens is 1. The standard InChI is InChI=1S/C17H22FNO4/c1-17(2,3)23-16(22)19-10-12(9-14(19)15(20)21)8-11-4-6-13(18)7-5-11/h4-7,12,14H,8-10H2,1-3H3,(H,20,21)/p-1/t12-,14+/m1/s1. The zero-order chi connectivity index (χ0) is 17.2. The lowest BCUT2D eigenvalue weighted by atomic mass is 9.97. The molecule has 1 saturated heterocycles. The summed E-state index contributed by atoms with van der Waals surface area (Å²) >= 11 is 0. The molecule has 0 N–H and O–H groups in total. The quantitative estimate of drug-likeness (QED) is 0.850. The van der Waals surface area contributed by atoms with Crippen molar-refractivity contribution in [3.8, 4) is 0 Å². The lowest BCUT2D eigenvalue weighted by Crippen LogP contribution is -2.48. The molecule has 1 fully saturated rings. The summed E-state index contributed by atoms with van der Waals surface area (Å²) in [5, 5.41) is 11.3. The number of carbonyl (C=O) groups excluding carboxylic acids is 2. The third-order valence-corrected chi connectivity index (χ3v) is 3.73. The van der Waals surface area contributed by atoms with Gasteiger partial charge in [0.1, 0.15) is 11.4 Å². The molecule has 6 heteroatoms. The summed E-state index contributed by atoms with van der Waals surface area (Å²) < 4.78 is 18.2. The topological polar surface area (TPSA) is 69.7 Å². The van der Waals surface area contributed by atoms with Crippen molar-refractivity contribution >= 4 is 12.1 Å². The highest BCUT2D eigenvalue weighted by Crippen LogP contribution is 2.28. The molecule has 0 unspecified atom stereocenters. The number of benzene rings is 1. The minimum atomic E-state index is -1.28. The molecule has 0 aromatic heterocycles. The van der Waals surface area contributed by atoms with Crippen LogP contribution in [0, 0.1) is 11.7 Å². The van der Waals surface area contributed by atoms with E-state index in [2.05, 4.69) is 0 Å². The first kappa shape index (κ1) is 17.2. The van der Waals surface area contributed by atoms with Gasteiger partial charge in [-0.1, -0.05) is 12.1 Å². The van der Waals surface area contributed by atoms with Crippen LogP contribution in [0.3, 0.4) is 0 Å². The van der Waals surface area contributed by atoms with Gasteiger partial charge in [0.05, 0.1) is 12.0 Å². The highest BCUT2D eigenvalue weighted by atomic mass is 19.1. The molecule has 0 radical (unpaired) electrons. The minimum Gasteiger partial charge on any atom is -0.548 e. The van der Waals surface area contributed by atoms with Gasteiger partial charge in [0.25, 0.3) is 0 Å². The molecule has 1 aliphatic rings. The maximum atomic E-state index is 12.9. The fourth-order valence-corrected chi connectivity index (χ4v) is 2.77. The predicted molar refractivity (Wildman–Crippen MR) is 79.9 cm³/mol. The van der Waals surface area contributed by atoms with E-state index in [1.807, 2.05) is 0 Å². The number of likely N-dealkylation sites (tertiary alicyclic amines) is 1. The van der Waals surface area contributed by atoms with Crippen LogP contribution in [-0.4, -0.2) is 35.2 Å². The third kappa shape index (κ3) is 4.68. The molecule has 0 saturated carbocycles. The fraction of sp³-hybridized carbons (Fsp3) is 0.529. The molecule has 1 aromatic carbocycles.